The molecule has 0 bridgehead atoms. The van der Waals surface area contributed by atoms with Crippen LogP contribution in [-0.2, 0) is 24.0 Å². The summed E-state index contributed by atoms with van der Waals surface area (Å²) in [6.07, 6.45) is 0.765. The molecule has 0 aromatic carbocycles. The summed E-state index contributed by atoms with van der Waals surface area (Å²) < 4.78 is 0. The number of carbonyl (C=O) groups excluding carboxylic acids is 3. The van der Waals surface area contributed by atoms with Gasteiger partial charge in [-0.05, 0) is 32.7 Å². The first kappa shape index (κ1) is 24.3. The molecule has 0 heterocycles. The first-order chi connectivity index (χ1) is 12.6. The Labute approximate surface area is 156 Å². The lowest BCUT2D eigenvalue weighted by Crippen LogP contribution is -2.52. The number of nitrogens with two attached hydrogens (primary N) is 2. The summed E-state index contributed by atoms with van der Waals surface area (Å²) in [7, 11) is 0. The minimum atomic E-state index is -1.31. The summed E-state index contributed by atoms with van der Waals surface area (Å²) >= 11 is 0. The van der Waals surface area contributed by atoms with Gasteiger partial charge in [-0.1, -0.05) is 0 Å². The molecule has 0 aliphatic carbocycles. The van der Waals surface area contributed by atoms with Crippen molar-refractivity contribution in [2.45, 2.75) is 50.7 Å². The van der Waals surface area contributed by atoms with Crippen LogP contribution in [0.4, 0.5) is 0 Å². The highest BCUT2D eigenvalue weighted by Crippen LogP contribution is 2.00. The third-order valence-corrected chi connectivity index (χ3v) is 3.49. The van der Waals surface area contributed by atoms with E-state index in [1.165, 1.54) is 6.92 Å². The van der Waals surface area contributed by atoms with E-state index in [4.69, 9.17) is 21.7 Å². The van der Waals surface area contributed by atoms with E-state index >= 15 is 0 Å². The van der Waals surface area contributed by atoms with Crippen LogP contribution in [0.5, 0.6) is 0 Å². The molecule has 0 aliphatic rings. The van der Waals surface area contributed by atoms with Gasteiger partial charge in [-0.15, -0.1) is 0 Å². The normalized spacial score (nSPS) is 13.7. The van der Waals surface area contributed by atoms with Crippen molar-refractivity contribution in [1.82, 2.24) is 16.0 Å². The Morgan fingerprint density at radius 2 is 1.63 bits per heavy atom. The number of amides is 3. The monoisotopic (exact) mass is 389 g/mol. The lowest BCUT2D eigenvalue weighted by atomic mass is 10.1. The predicted molar refractivity (Wildman–Crippen MR) is 93.3 cm³/mol. The van der Waals surface area contributed by atoms with Gasteiger partial charge >= 0.3 is 11.9 Å². The number of nitrogens with one attached hydrogen (secondary N) is 3. The quantitative estimate of drug-likeness (QED) is 0.161. The molecule has 0 radical (unpaired) electrons. The second-order valence-electron chi connectivity index (χ2n) is 5.90. The van der Waals surface area contributed by atoms with Crippen LogP contribution < -0.4 is 27.4 Å². The fourth-order valence-electron chi connectivity index (χ4n) is 1.98. The third-order valence-electron chi connectivity index (χ3n) is 3.49. The molecule has 12 heteroatoms. The average Bonchev–Trinajstić information content (AvgIpc) is 2.57. The number of carboxylic acids is 2. The van der Waals surface area contributed by atoms with Gasteiger partial charge in [0, 0.05) is 0 Å². The highest BCUT2D eigenvalue weighted by Gasteiger charge is 2.23. The molecule has 9 N–H and O–H groups in total. The van der Waals surface area contributed by atoms with Crippen molar-refractivity contribution in [3.8, 4) is 0 Å². The standard InChI is InChI=1S/C15H27N5O7/c1-8(19-14(25)9(17)6-12(22)23)13(24)18-7-11(21)20-10(15(26)27)4-2-3-5-16/h8-10H,2-7,16-17H2,1H3,(H,18,24)(H,19,25)(H,20,21)(H,22,23)(H,26,27). The number of aliphatic carboxylic acids is 2. The minimum absolute atomic E-state index is 0.208. The van der Waals surface area contributed by atoms with Crippen molar-refractivity contribution >= 4 is 29.7 Å². The molecule has 0 aromatic heterocycles. The van der Waals surface area contributed by atoms with Crippen molar-refractivity contribution in [3.63, 3.8) is 0 Å². The van der Waals surface area contributed by atoms with Gasteiger partial charge in [-0.3, -0.25) is 19.2 Å². The van der Waals surface area contributed by atoms with Gasteiger partial charge < -0.3 is 37.6 Å². The van der Waals surface area contributed by atoms with Crippen LogP contribution in [0, 0.1) is 0 Å². The van der Waals surface area contributed by atoms with E-state index in [1.54, 1.807) is 0 Å². The molecule has 0 rings (SSSR count). The molecular formula is C15H27N5O7. The minimum Gasteiger partial charge on any atom is -0.481 e. The zero-order valence-corrected chi connectivity index (χ0v) is 15.1. The average molecular weight is 389 g/mol. The van der Waals surface area contributed by atoms with E-state index < -0.39 is 60.8 Å². The molecule has 12 nitrogen and oxygen atoms in total. The summed E-state index contributed by atoms with van der Waals surface area (Å²) in [5, 5.41) is 24.4. The van der Waals surface area contributed by atoms with E-state index in [2.05, 4.69) is 16.0 Å². The topological polar surface area (TPSA) is 214 Å². The number of rotatable bonds is 13. The Bertz CT molecular complexity index is 555. The van der Waals surface area contributed by atoms with Gasteiger partial charge in [0.15, 0.2) is 0 Å². The van der Waals surface area contributed by atoms with Crippen LogP contribution in [0.25, 0.3) is 0 Å². The summed E-state index contributed by atoms with van der Waals surface area (Å²) in [4.78, 5) is 56.9. The zero-order chi connectivity index (χ0) is 21.0. The van der Waals surface area contributed by atoms with Crippen molar-refractivity contribution in [1.29, 1.82) is 0 Å². The Balaban J connectivity index is 4.37. The smallest absolute Gasteiger partial charge is 0.326 e. The van der Waals surface area contributed by atoms with Crippen molar-refractivity contribution < 1.29 is 34.2 Å². The van der Waals surface area contributed by atoms with Crippen LogP contribution >= 0.6 is 0 Å². The molecule has 3 atom stereocenters. The summed E-state index contributed by atoms with van der Waals surface area (Å²) in [5.74, 6) is -4.69. The van der Waals surface area contributed by atoms with Gasteiger partial charge in [0.2, 0.25) is 17.7 Å². The first-order valence-electron chi connectivity index (χ1n) is 8.36. The second kappa shape index (κ2) is 12.6. The molecular weight excluding hydrogens is 362 g/mol. The molecule has 3 unspecified atom stereocenters. The van der Waals surface area contributed by atoms with Gasteiger partial charge in [0.05, 0.1) is 19.0 Å². The Hall–Kier alpha value is -2.73. The van der Waals surface area contributed by atoms with Crippen molar-refractivity contribution in [3.05, 3.63) is 0 Å². The SMILES string of the molecule is CC(NC(=O)C(N)CC(=O)O)C(=O)NCC(=O)NC(CCCCN)C(=O)O. The van der Waals surface area contributed by atoms with Gasteiger partial charge in [-0.2, -0.15) is 0 Å². The maximum atomic E-state index is 11.9. The molecule has 0 aromatic rings. The first-order valence-corrected chi connectivity index (χ1v) is 8.36. The fourth-order valence-corrected chi connectivity index (χ4v) is 1.98. The van der Waals surface area contributed by atoms with E-state index in [0.29, 0.717) is 19.4 Å². The number of carbonyl (C=O) groups is 5. The highest BCUT2D eigenvalue weighted by molar-refractivity contribution is 5.93. The van der Waals surface area contributed by atoms with E-state index in [9.17, 15) is 24.0 Å². The Morgan fingerprint density at radius 1 is 1.00 bits per heavy atom. The highest BCUT2D eigenvalue weighted by atomic mass is 16.4. The summed E-state index contributed by atoms with van der Waals surface area (Å²) in [6, 6.07) is -3.47. The summed E-state index contributed by atoms with van der Waals surface area (Å²) in [5.41, 5.74) is 10.7. The van der Waals surface area contributed by atoms with E-state index in [0.717, 1.165) is 0 Å². The van der Waals surface area contributed by atoms with Gasteiger partial charge in [0.25, 0.3) is 0 Å². The summed E-state index contributed by atoms with van der Waals surface area (Å²) in [6.45, 7) is 1.25. The third kappa shape index (κ3) is 10.8. The van der Waals surface area contributed by atoms with Crippen LogP contribution in [0.2, 0.25) is 0 Å². The lowest BCUT2D eigenvalue weighted by Gasteiger charge is -2.17. The number of carboxylic acid groups (broad SMARTS) is 2. The van der Waals surface area contributed by atoms with Gasteiger partial charge in [-0.25, -0.2) is 4.79 Å². The molecule has 0 fully saturated rings. The zero-order valence-electron chi connectivity index (χ0n) is 15.1. The predicted octanol–water partition coefficient (Wildman–Crippen LogP) is -2.89. The lowest BCUT2D eigenvalue weighted by molar-refractivity contribution is -0.142. The maximum Gasteiger partial charge on any atom is 0.326 e. The molecule has 0 saturated heterocycles. The van der Waals surface area contributed by atoms with Crippen LogP contribution in [0.1, 0.15) is 32.6 Å². The molecule has 3 amide bonds. The maximum absolute atomic E-state index is 11.9. The fraction of sp³-hybridized carbons (Fsp3) is 0.667. The van der Waals surface area contributed by atoms with Crippen molar-refractivity contribution in [2.24, 2.45) is 11.5 Å². The molecule has 27 heavy (non-hydrogen) atoms. The Kier molecular flexibility index (Phi) is 11.3. The number of unbranched alkanes of at least 4 members (excludes halogenated alkanes) is 1. The molecule has 0 saturated carbocycles. The van der Waals surface area contributed by atoms with E-state index in [-0.39, 0.29) is 6.42 Å². The number of hydrogen-bond acceptors (Lipinski definition) is 7. The second-order valence-corrected chi connectivity index (χ2v) is 5.90. The largest absolute Gasteiger partial charge is 0.481 e. The van der Waals surface area contributed by atoms with E-state index in [1.807, 2.05) is 0 Å². The Morgan fingerprint density at radius 3 is 2.15 bits per heavy atom. The van der Waals surface area contributed by atoms with Crippen molar-refractivity contribution in [2.75, 3.05) is 13.1 Å². The van der Waals surface area contributed by atoms with Gasteiger partial charge in [0.1, 0.15) is 12.1 Å². The van der Waals surface area contributed by atoms with Crippen LogP contribution in [0.15, 0.2) is 0 Å². The molecule has 154 valence electrons. The van der Waals surface area contributed by atoms with Crippen LogP contribution in [0.3, 0.4) is 0 Å². The molecule has 0 aliphatic heterocycles. The van der Waals surface area contributed by atoms with Crippen LogP contribution in [-0.4, -0.2) is 71.1 Å². The molecule has 0 spiro atoms. The number of hydrogen-bond donors (Lipinski definition) is 7.